The molecule has 0 unspecified atom stereocenters. The van der Waals surface area contributed by atoms with E-state index in [2.05, 4.69) is 9.88 Å². The van der Waals surface area contributed by atoms with E-state index in [1.54, 1.807) is 0 Å². The van der Waals surface area contributed by atoms with Gasteiger partial charge in [0.05, 0.1) is 12.1 Å². The Kier molecular flexibility index (Phi) is 3.37. The second kappa shape index (κ2) is 4.70. The minimum Gasteiger partial charge on any atom is -0.398 e. The topological polar surface area (TPSA) is 62.4 Å². The van der Waals surface area contributed by atoms with Crippen molar-refractivity contribution in [3.63, 3.8) is 0 Å². The largest absolute Gasteiger partial charge is 0.398 e. The first-order valence-corrected chi connectivity index (χ1v) is 6.36. The van der Waals surface area contributed by atoms with Crippen LogP contribution in [-0.2, 0) is 0 Å². The molecule has 2 aromatic rings. The Labute approximate surface area is 113 Å². The molecule has 0 spiro atoms. The first-order chi connectivity index (χ1) is 8.86. The number of benzene rings is 1. The molecule has 0 aliphatic carbocycles. The van der Waals surface area contributed by atoms with Crippen LogP contribution in [0.4, 0.5) is 11.4 Å². The minimum absolute atomic E-state index is 0.0828. The molecule has 0 saturated carbocycles. The number of pyridine rings is 1. The van der Waals surface area contributed by atoms with E-state index in [1.165, 1.54) is 0 Å². The first-order valence-electron chi connectivity index (χ1n) is 6.36. The third-order valence-electron chi connectivity index (χ3n) is 3.70. The number of nitrogens with two attached hydrogens (primary N) is 1. The number of nitrogens with zero attached hydrogens (tertiary/aromatic N) is 2. The highest BCUT2D eigenvalue weighted by Crippen LogP contribution is 2.33. The van der Waals surface area contributed by atoms with Gasteiger partial charge in [-0.3, -0.25) is 4.98 Å². The van der Waals surface area contributed by atoms with E-state index in [1.807, 2.05) is 52.2 Å². The molecule has 3 N–H and O–H groups in total. The Balaban J connectivity index is 2.67. The van der Waals surface area contributed by atoms with Gasteiger partial charge >= 0.3 is 0 Å². The van der Waals surface area contributed by atoms with Crippen molar-refractivity contribution in [2.24, 2.45) is 0 Å². The standard InChI is InChI=1S/C15H21N3O/c1-10-7-11-12(8-17-10)13(16)5-6-14(11)18(4)15(2,3)9-19/h5-8,19H,9,16H2,1-4H3. The summed E-state index contributed by atoms with van der Waals surface area (Å²) in [6.45, 7) is 6.05. The number of hydrogen-bond acceptors (Lipinski definition) is 4. The van der Waals surface area contributed by atoms with Gasteiger partial charge in [0.1, 0.15) is 0 Å². The number of hydrogen-bond donors (Lipinski definition) is 2. The molecule has 0 atom stereocenters. The van der Waals surface area contributed by atoms with E-state index in [0.29, 0.717) is 0 Å². The van der Waals surface area contributed by atoms with Gasteiger partial charge in [0.15, 0.2) is 0 Å². The van der Waals surface area contributed by atoms with Crippen molar-refractivity contribution in [3.8, 4) is 0 Å². The average molecular weight is 259 g/mol. The summed E-state index contributed by atoms with van der Waals surface area (Å²) in [6.07, 6.45) is 1.81. The second-order valence-electron chi connectivity index (χ2n) is 5.57. The van der Waals surface area contributed by atoms with Crippen LogP contribution in [0.25, 0.3) is 10.8 Å². The molecule has 0 aliphatic heterocycles. The van der Waals surface area contributed by atoms with Crippen LogP contribution >= 0.6 is 0 Å². The van der Waals surface area contributed by atoms with Crippen LogP contribution in [-0.4, -0.2) is 29.3 Å². The number of fused-ring (bicyclic) bond motifs is 1. The molecule has 1 aromatic carbocycles. The van der Waals surface area contributed by atoms with Gasteiger partial charge in [-0.2, -0.15) is 0 Å². The molecule has 1 aromatic heterocycles. The number of aliphatic hydroxyl groups excluding tert-OH is 1. The Hall–Kier alpha value is -1.81. The Bertz CT molecular complexity index is 608. The summed E-state index contributed by atoms with van der Waals surface area (Å²) in [4.78, 5) is 6.38. The zero-order valence-corrected chi connectivity index (χ0v) is 11.9. The lowest BCUT2D eigenvalue weighted by atomic mass is 10.0. The van der Waals surface area contributed by atoms with Crippen LogP contribution in [0.15, 0.2) is 24.4 Å². The third kappa shape index (κ3) is 2.36. The zero-order valence-electron chi connectivity index (χ0n) is 11.9. The number of aryl methyl sites for hydroxylation is 1. The van der Waals surface area contributed by atoms with Crippen LogP contribution in [0.5, 0.6) is 0 Å². The molecule has 0 radical (unpaired) electrons. The molecule has 0 bridgehead atoms. The SMILES string of the molecule is Cc1cc2c(N(C)C(C)(C)CO)ccc(N)c2cn1. The fourth-order valence-electron chi connectivity index (χ4n) is 2.07. The van der Waals surface area contributed by atoms with Crippen molar-refractivity contribution in [1.29, 1.82) is 0 Å². The maximum Gasteiger partial charge on any atom is 0.0658 e. The maximum atomic E-state index is 9.53. The monoisotopic (exact) mass is 259 g/mol. The van der Waals surface area contributed by atoms with E-state index >= 15 is 0 Å². The molecule has 0 fully saturated rings. The normalized spacial score (nSPS) is 11.8. The number of anilines is 2. The van der Waals surface area contributed by atoms with E-state index in [9.17, 15) is 5.11 Å². The summed E-state index contributed by atoms with van der Waals surface area (Å²) in [6, 6.07) is 5.91. The number of nitrogen functional groups attached to an aromatic ring is 1. The second-order valence-corrected chi connectivity index (χ2v) is 5.57. The van der Waals surface area contributed by atoms with Crippen molar-refractivity contribution in [3.05, 3.63) is 30.1 Å². The smallest absolute Gasteiger partial charge is 0.0658 e. The van der Waals surface area contributed by atoms with Crippen molar-refractivity contribution < 1.29 is 5.11 Å². The highest BCUT2D eigenvalue weighted by Gasteiger charge is 2.24. The van der Waals surface area contributed by atoms with Gasteiger partial charge in [0, 0.05) is 41.1 Å². The lowest BCUT2D eigenvalue weighted by Gasteiger charge is -2.36. The van der Waals surface area contributed by atoms with Gasteiger partial charge in [0.25, 0.3) is 0 Å². The highest BCUT2D eigenvalue weighted by atomic mass is 16.3. The Morgan fingerprint density at radius 3 is 2.63 bits per heavy atom. The lowest BCUT2D eigenvalue weighted by molar-refractivity contribution is 0.216. The van der Waals surface area contributed by atoms with Gasteiger partial charge in [-0.25, -0.2) is 0 Å². The van der Waals surface area contributed by atoms with Crippen molar-refractivity contribution in [1.82, 2.24) is 4.98 Å². The van der Waals surface area contributed by atoms with Crippen LogP contribution in [0.3, 0.4) is 0 Å². The number of rotatable bonds is 3. The van der Waals surface area contributed by atoms with E-state index < -0.39 is 0 Å². The predicted octanol–water partition coefficient (Wildman–Crippen LogP) is 2.33. The molecule has 4 heteroatoms. The predicted molar refractivity (Wildman–Crippen MR) is 80.5 cm³/mol. The van der Waals surface area contributed by atoms with Crippen LogP contribution < -0.4 is 10.6 Å². The van der Waals surface area contributed by atoms with Crippen molar-refractivity contribution in [2.45, 2.75) is 26.3 Å². The number of likely N-dealkylation sites (N-methyl/N-ethyl adjacent to an activating group) is 1. The first kappa shape index (κ1) is 13.6. The minimum atomic E-state index is -0.333. The highest BCUT2D eigenvalue weighted by molar-refractivity contribution is 6.01. The Morgan fingerprint density at radius 1 is 1.32 bits per heavy atom. The molecule has 0 aliphatic rings. The molecular weight excluding hydrogens is 238 g/mol. The van der Waals surface area contributed by atoms with Crippen LogP contribution in [0.2, 0.25) is 0 Å². The molecule has 19 heavy (non-hydrogen) atoms. The summed E-state index contributed by atoms with van der Waals surface area (Å²) >= 11 is 0. The molecule has 2 rings (SSSR count). The molecule has 1 heterocycles. The molecular formula is C15H21N3O. The summed E-state index contributed by atoms with van der Waals surface area (Å²) in [5.41, 5.74) is 8.40. The van der Waals surface area contributed by atoms with Gasteiger partial charge < -0.3 is 15.7 Å². The fraction of sp³-hybridized carbons (Fsp3) is 0.400. The molecule has 0 saturated heterocycles. The molecule has 4 nitrogen and oxygen atoms in total. The number of aliphatic hydroxyl groups is 1. The van der Waals surface area contributed by atoms with Gasteiger partial charge in [-0.1, -0.05) is 0 Å². The van der Waals surface area contributed by atoms with Crippen molar-refractivity contribution >= 4 is 22.1 Å². The maximum absolute atomic E-state index is 9.53. The lowest BCUT2D eigenvalue weighted by Crippen LogP contribution is -2.44. The average Bonchev–Trinajstić information content (AvgIpc) is 2.38. The van der Waals surface area contributed by atoms with Crippen LogP contribution in [0.1, 0.15) is 19.5 Å². The summed E-state index contributed by atoms with van der Waals surface area (Å²) < 4.78 is 0. The van der Waals surface area contributed by atoms with E-state index in [0.717, 1.165) is 27.8 Å². The summed E-state index contributed by atoms with van der Waals surface area (Å²) in [7, 11) is 1.98. The fourth-order valence-corrected chi connectivity index (χ4v) is 2.07. The summed E-state index contributed by atoms with van der Waals surface area (Å²) in [5.74, 6) is 0. The van der Waals surface area contributed by atoms with E-state index in [-0.39, 0.29) is 12.1 Å². The van der Waals surface area contributed by atoms with Gasteiger partial charge in [0.2, 0.25) is 0 Å². The van der Waals surface area contributed by atoms with Crippen LogP contribution in [0, 0.1) is 6.92 Å². The number of aromatic nitrogens is 1. The van der Waals surface area contributed by atoms with Gasteiger partial charge in [-0.15, -0.1) is 0 Å². The molecule has 0 amide bonds. The third-order valence-corrected chi connectivity index (χ3v) is 3.70. The molecule has 102 valence electrons. The van der Waals surface area contributed by atoms with E-state index in [4.69, 9.17) is 5.73 Å². The summed E-state index contributed by atoms with van der Waals surface area (Å²) in [5, 5.41) is 11.5. The van der Waals surface area contributed by atoms with Crippen molar-refractivity contribution in [2.75, 3.05) is 24.3 Å². The van der Waals surface area contributed by atoms with Gasteiger partial charge in [-0.05, 0) is 39.0 Å². The quantitative estimate of drug-likeness (QED) is 0.830. The zero-order chi connectivity index (χ0) is 14.2. The Morgan fingerprint density at radius 2 is 2.00 bits per heavy atom.